The number of allylic oxidation sites excluding steroid dienone is 4. The summed E-state index contributed by atoms with van der Waals surface area (Å²) in [6.45, 7) is 0. The van der Waals surface area contributed by atoms with E-state index in [1.165, 1.54) is 37.7 Å². The van der Waals surface area contributed by atoms with E-state index in [1.54, 1.807) is 0 Å². The SMILES string of the molecule is [Cl-].[Cl-].[Cl-].[V+3][C]1=C(c2ccccc2)C(c2ccccc2)=C(c2ccccc2)C1. The van der Waals surface area contributed by atoms with Crippen LogP contribution in [0.5, 0.6) is 0 Å². The molecule has 0 aromatic heterocycles. The molecule has 0 saturated heterocycles. The summed E-state index contributed by atoms with van der Waals surface area (Å²) in [7, 11) is 0. The van der Waals surface area contributed by atoms with Gasteiger partial charge in [-0.05, 0) is 0 Å². The van der Waals surface area contributed by atoms with Gasteiger partial charge < -0.3 is 37.2 Å². The van der Waals surface area contributed by atoms with Gasteiger partial charge in [0.2, 0.25) is 0 Å². The van der Waals surface area contributed by atoms with E-state index in [9.17, 15) is 0 Å². The normalized spacial score (nSPS) is 12.8. The van der Waals surface area contributed by atoms with Crippen molar-refractivity contribution in [3.05, 3.63) is 112 Å². The molecule has 0 N–H and O–H groups in total. The summed E-state index contributed by atoms with van der Waals surface area (Å²) in [6.07, 6.45) is 0.985. The second-order valence-corrected chi connectivity index (χ2v) is 6.79. The molecule has 0 unspecified atom stereocenters. The molecule has 1 aliphatic rings. The van der Waals surface area contributed by atoms with Crippen LogP contribution in [0.3, 0.4) is 0 Å². The summed E-state index contributed by atoms with van der Waals surface area (Å²) in [4.78, 5) is 0. The first-order chi connectivity index (χ1) is 11.8. The Balaban J connectivity index is 0.00000121. The summed E-state index contributed by atoms with van der Waals surface area (Å²) >= 11 is 2.80. The minimum atomic E-state index is 0. The molecule has 3 aromatic rings. The molecule has 0 bridgehead atoms. The van der Waals surface area contributed by atoms with Crippen LogP contribution >= 0.6 is 0 Å². The van der Waals surface area contributed by atoms with Crippen LogP contribution in [-0.2, 0) is 17.4 Å². The van der Waals surface area contributed by atoms with Crippen molar-refractivity contribution >= 4 is 16.7 Å². The average molecular weight is 451 g/mol. The first kappa shape index (κ1) is 23.6. The summed E-state index contributed by atoms with van der Waals surface area (Å²) < 4.78 is 1.38. The van der Waals surface area contributed by atoms with Crippen LogP contribution in [0.2, 0.25) is 0 Å². The van der Waals surface area contributed by atoms with Gasteiger partial charge in [0, 0.05) is 0 Å². The van der Waals surface area contributed by atoms with Gasteiger partial charge in [-0.3, -0.25) is 0 Å². The summed E-state index contributed by atoms with van der Waals surface area (Å²) in [5, 5.41) is 0. The van der Waals surface area contributed by atoms with Gasteiger partial charge in [-0.2, -0.15) is 0 Å². The van der Waals surface area contributed by atoms with Crippen molar-refractivity contribution in [3.8, 4) is 0 Å². The molecule has 27 heavy (non-hydrogen) atoms. The third-order valence-electron chi connectivity index (χ3n) is 4.43. The van der Waals surface area contributed by atoms with Crippen LogP contribution in [0.15, 0.2) is 95.3 Å². The van der Waals surface area contributed by atoms with E-state index >= 15 is 0 Å². The van der Waals surface area contributed by atoms with E-state index < -0.39 is 0 Å². The van der Waals surface area contributed by atoms with Gasteiger partial charge in [-0.1, -0.05) is 0 Å². The van der Waals surface area contributed by atoms with Crippen LogP contribution in [0.1, 0.15) is 23.1 Å². The van der Waals surface area contributed by atoms with Crippen LogP contribution < -0.4 is 37.2 Å². The van der Waals surface area contributed by atoms with Crippen LogP contribution in [0.25, 0.3) is 16.7 Å². The Labute approximate surface area is 189 Å². The third kappa shape index (κ3) is 4.90. The van der Waals surface area contributed by atoms with E-state index in [0.717, 1.165) is 6.42 Å². The van der Waals surface area contributed by atoms with Crippen molar-refractivity contribution in [1.29, 1.82) is 0 Å². The van der Waals surface area contributed by atoms with Crippen molar-refractivity contribution in [2.45, 2.75) is 6.42 Å². The molecule has 4 heteroatoms. The zero-order valence-electron chi connectivity index (χ0n) is 14.4. The van der Waals surface area contributed by atoms with Crippen LogP contribution in [0.4, 0.5) is 0 Å². The number of rotatable bonds is 3. The number of hydrogen-bond donors (Lipinski definition) is 0. The molecule has 1 aliphatic carbocycles. The van der Waals surface area contributed by atoms with Crippen molar-refractivity contribution in [2.75, 3.05) is 0 Å². The molecule has 0 heterocycles. The molecule has 0 atom stereocenters. The predicted octanol–water partition coefficient (Wildman–Crippen LogP) is -3.03. The Morgan fingerprint density at radius 2 is 0.852 bits per heavy atom. The summed E-state index contributed by atoms with van der Waals surface area (Å²) in [5.41, 5.74) is 8.03. The average Bonchev–Trinajstić information content (AvgIpc) is 3.01. The second kappa shape index (κ2) is 10.8. The Morgan fingerprint density at radius 3 is 1.30 bits per heavy atom. The fourth-order valence-corrected chi connectivity index (χ4v) is 3.99. The van der Waals surface area contributed by atoms with E-state index in [1.807, 2.05) is 0 Å². The molecule has 0 amide bonds. The Morgan fingerprint density at radius 1 is 0.481 bits per heavy atom. The van der Waals surface area contributed by atoms with E-state index in [4.69, 9.17) is 0 Å². The van der Waals surface area contributed by atoms with Gasteiger partial charge in [-0.25, -0.2) is 0 Å². The molecule has 4 rings (SSSR count). The molecule has 0 radical (unpaired) electrons. The summed E-state index contributed by atoms with van der Waals surface area (Å²) in [5.74, 6) is 0. The van der Waals surface area contributed by atoms with Crippen molar-refractivity contribution < 1.29 is 54.6 Å². The Hall–Kier alpha value is -1.41. The fraction of sp³-hybridized carbons (Fsp3) is 0.0435. The number of halogens is 3. The molecule has 0 spiro atoms. The van der Waals surface area contributed by atoms with Crippen molar-refractivity contribution in [2.24, 2.45) is 0 Å². The molecule has 135 valence electrons. The molecule has 0 aliphatic heterocycles. The van der Waals surface area contributed by atoms with Gasteiger partial charge >= 0.3 is 153 Å². The van der Waals surface area contributed by atoms with Gasteiger partial charge in [0.15, 0.2) is 0 Å². The summed E-state index contributed by atoms with van der Waals surface area (Å²) in [6, 6.07) is 32.2. The standard InChI is InChI=1S/C23H17.3ClH.V/c1-4-10-18(11-5-1)21-16-17-22(19-12-6-2-7-13-19)23(21)20-14-8-3-9-15-20;;;;/h1-15H,16H2;3*1H;/q;;;;+3/p-3. The third-order valence-corrected chi connectivity index (χ3v) is 5.03. The van der Waals surface area contributed by atoms with Crippen LogP contribution in [-0.4, -0.2) is 0 Å². The zero-order valence-corrected chi connectivity index (χ0v) is 18.1. The molecular weight excluding hydrogens is 434 g/mol. The van der Waals surface area contributed by atoms with E-state index in [0.29, 0.717) is 0 Å². The monoisotopic (exact) mass is 449 g/mol. The molecule has 3 aromatic carbocycles. The maximum atomic E-state index is 2.80. The van der Waals surface area contributed by atoms with Gasteiger partial charge in [0.05, 0.1) is 0 Å². The van der Waals surface area contributed by atoms with Crippen molar-refractivity contribution in [3.63, 3.8) is 0 Å². The Kier molecular flexibility index (Phi) is 9.46. The van der Waals surface area contributed by atoms with Gasteiger partial charge in [-0.15, -0.1) is 0 Å². The fourth-order valence-electron chi connectivity index (χ4n) is 3.36. The number of hydrogen-bond acceptors (Lipinski definition) is 0. The molecule has 0 saturated carbocycles. The first-order valence-corrected chi connectivity index (χ1v) is 8.86. The predicted molar refractivity (Wildman–Crippen MR) is 97.7 cm³/mol. The topological polar surface area (TPSA) is 0 Å². The minimum absolute atomic E-state index is 0. The van der Waals surface area contributed by atoms with E-state index in [2.05, 4.69) is 108 Å². The first-order valence-electron chi connectivity index (χ1n) is 8.16. The maximum absolute atomic E-state index is 2.80. The van der Waals surface area contributed by atoms with Crippen molar-refractivity contribution in [1.82, 2.24) is 0 Å². The molecule has 0 nitrogen and oxygen atoms in total. The second-order valence-electron chi connectivity index (χ2n) is 5.95. The Bertz CT molecular complexity index is 918. The quantitative estimate of drug-likeness (QED) is 0.398. The van der Waals surface area contributed by atoms with E-state index in [-0.39, 0.29) is 37.2 Å². The zero-order chi connectivity index (χ0) is 16.4. The molecule has 0 fully saturated rings. The van der Waals surface area contributed by atoms with Crippen LogP contribution in [0, 0.1) is 0 Å². The van der Waals surface area contributed by atoms with Gasteiger partial charge in [0.25, 0.3) is 0 Å². The number of benzene rings is 3. The van der Waals surface area contributed by atoms with Gasteiger partial charge in [0.1, 0.15) is 0 Å². The molecular formula is C23H17Cl3V.